The number of carboxylic acids is 1. The molecule has 0 aromatic heterocycles. The maximum absolute atomic E-state index is 15.3. The number of hydrogen-bond donors (Lipinski definition) is 11. The highest BCUT2D eigenvalue weighted by Gasteiger charge is 2.51. The van der Waals surface area contributed by atoms with Gasteiger partial charge in [0.15, 0.2) is 18.2 Å². The molecule has 3 aliphatic rings. The van der Waals surface area contributed by atoms with Crippen LogP contribution in [0.25, 0.3) is 0 Å². The Morgan fingerprint density at radius 3 is 1.86 bits per heavy atom. The van der Waals surface area contributed by atoms with Crippen LogP contribution in [0.15, 0.2) is 85.1 Å². The predicted molar refractivity (Wildman–Crippen MR) is 236 cm³/mol. The van der Waals surface area contributed by atoms with Crippen molar-refractivity contribution >= 4 is 11.9 Å². The van der Waals surface area contributed by atoms with Gasteiger partial charge in [0.05, 0.1) is 79.6 Å². The summed E-state index contributed by atoms with van der Waals surface area (Å²) in [6, 6.07) is -1.37. The van der Waals surface area contributed by atoms with Gasteiger partial charge in [-0.05, 0) is 33.1 Å². The summed E-state index contributed by atoms with van der Waals surface area (Å²) in [5.74, 6) is -6.92. The first-order valence-corrected chi connectivity index (χ1v) is 22.3. The first kappa shape index (κ1) is 55.9. The number of carbonyl (C=O) groups is 2. The van der Waals surface area contributed by atoms with Crippen molar-refractivity contribution < 1.29 is 84.0 Å². The number of fused-ring (bicyclic) bond motifs is 2. The average Bonchev–Trinajstić information content (AvgIpc) is 3.21. The van der Waals surface area contributed by atoms with E-state index < -0.39 is 147 Å². The van der Waals surface area contributed by atoms with Crippen molar-refractivity contribution in [2.24, 2.45) is 23.5 Å². The van der Waals surface area contributed by atoms with E-state index in [0.717, 1.165) is 0 Å². The second-order valence-corrected chi connectivity index (χ2v) is 17.5. The summed E-state index contributed by atoms with van der Waals surface area (Å²) in [4.78, 5) is 25.1. The van der Waals surface area contributed by atoms with Gasteiger partial charge >= 0.3 is 11.9 Å². The molecule has 0 radical (unpaired) electrons. The number of ether oxygens (including phenoxy) is 4. The number of alkyl halides is 1. The molecule has 65 heavy (non-hydrogen) atoms. The molecule has 368 valence electrons. The van der Waals surface area contributed by atoms with Crippen LogP contribution in [-0.2, 0) is 28.5 Å². The first-order valence-electron chi connectivity index (χ1n) is 22.3. The van der Waals surface area contributed by atoms with Crippen molar-refractivity contribution in [3.8, 4) is 0 Å². The molecule has 12 N–H and O–H groups in total. The summed E-state index contributed by atoms with van der Waals surface area (Å²) in [7, 11) is 0. The standard InChI is InChI=1S/C47H72FNO16/c1-27-17-15-13-11-9-7-5-6-8-10-12-14-16-18-34(64-46-41(48)42(49)44(58)30(4)63-46)24-38-40(45(59)60)37(55)26-47(61,65-38)25-33(52)22-36(54)35(53)20-19-31(50)21-32(51)23-39(56)62-29(3)28(2)43(27)57/h5-18,27-38,40-44,46,50-55,57-58,61H,19-26,49H2,1-4H3,(H,59,60)/b6-5+,9-7+,10-8+,13-11+,14-12+,17-15+,18-16+/t27-,28-,29-,30+,31+,32+,33-,34-,35+,36+,37-,38-,40+,41+,42+,43+,44+,46-,47?/m0/s1. The van der Waals surface area contributed by atoms with Crippen molar-refractivity contribution in [3.63, 3.8) is 0 Å². The number of halogens is 1. The average molecular weight is 926 g/mol. The van der Waals surface area contributed by atoms with Gasteiger partial charge < -0.3 is 75.7 Å². The molecule has 2 fully saturated rings. The molecule has 3 rings (SSSR count). The lowest BCUT2D eigenvalue weighted by atomic mass is 9.82. The first-order chi connectivity index (χ1) is 30.6. The molecule has 0 spiro atoms. The molecule has 17 nitrogen and oxygen atoms in total. The fourth-order valence-corrected chi connectivity index (χ4v) is 7.94. The van der Waals surface area contributed by atoms with Crippen LogP contribution in [0.2, 0.25) is 0 Å². The van der Waals surface area contributed by atoms with E-state index in [0.29, 0.717) is 0 Å². The number of carbonyl (C=O) groups excluding carboxylic acids is 1. The fourth-order valence-electron chi connectivity index (χ4n) is 7.94. The van der Waals surface area contributed by atoms with E-state index in [9.17, 15) is 60.7 Å². The summed E-state index contributed by atoms with van der Waals surface area (Å²) >= 11 is 0. The summed E-state index contributed by atoms with van der Waals surface area (Å²) < 4.78 is 38.2. The van der Waals surface area contributed by atoms with Gasteiger partial charge in [-0.3, -0.25) is 9.59 Å². The molecule has 0 aromatic rings. The van der Waals surface area contributed by atoms with Gasteiger partial charge in [-0.25, -0.2) is 4.39 Å². The zero-order valence-corrected chi connectivity index (χ0v) is 37.5. The predicted octanol–water partition coefficient (Wildman–Crippen LogP) is 1.69. The highest BCUT2D eigenvalue weighted by atomic mass is 19.1. The Labute approximate surface area is 380 Å². The van der Waals surface area contributed by atoms with E-state index in [4.69, 9.17) is 24.7 Å². The number of cyclic esters (lactones) is 1. The minimum Gasteiger partial charge on any atom is -0.481 e. The van der Waals surface area contributed by atoms with Gasteiger partial charge in [-0.2, -0.15) is 0 Å². The van der Waals surface area contributed by atoms with Crippen LogP contribution in [-0.4, -0.2) is 161 Å². The molecule has 0 amide bonds. The number of aliphatic carboxylic acids is 1. The van der Waals surface area contributed by atoms with Crippen LogP contribution in [0.1, 0.15) is 79.1 Å². The minimum absolute atomic E-state index is 0.115. The summed E-state index contributed by atoms with van der Waals surface area (Å²) in [6.45, 7) is 6.67. The largest absolute Gasteiger partial charge is 0.481 e. The fraction of sp³-hybridized carbons (Fsp3) is 0.660. The number of hydrogen-bond acceptors (Lipinski definition) is 16. The number of esters is 1. The third-order valence-electron chi connectivity index (χ3n) is 12.0. The lowest BCUT2D eigenvalue weighted by Crippen LogP contribution is -2.60. The smallest absolute Gasteiger partial charge is 0.311 e. The second kappa shape index (κ2) is 27.4. The monoisotopic (exact) mass is 925 g/mol. The third kappa shape index (κ3) is 18.6. The summed E-state index contributed by atoms with van der Waals surface area (Å²) in [6.07, 6.45) is 1.93. The highest BCUT2D eigenvalue weighted by Crippen LogP contribution is 2.38. The SMILES string of the molecule is C[C@@H]1[C@H](O)[C@@H](C)/C=C/C=C/C=C/C=C/C=C/C=C/C=C/[C@H](O[C@@H]2O[C@H](C)[C@@H](O)[C@H](N)[C@H]2F)C[C@@H]2OC(O)(C[C@@H](O)C[C@@H](O)[C@H](O)CC[C@@H](O)C[C@@H](O)CC(=O)O[C@H]1C)C[C@H](O)[C@H]2C(=O)O. The third-order valence-corrected chi connectivity index (χ3v) is 12.0. The van der Waals surface area contributed by atoms with Crippen LogP contribution in [0.4, 0.5) is 4.39 Å². The van der Waals surface area contributed by atoms with Gasteiger partial charge in [-0.15, -0.1) is 0 Å². The Kier molecular flexibility index (Phi) is 23.5. The maximum Gasteiger partial charge on any atom is 0.311 e. The Hall–Kier alpha value is -3.47. The number of allylic oxidation sites excluding steroid dienone is 12. The number of nitrogens with two attached hydrogens (primary N) is 1. The molecule has 3 heterocycles. The van der Waals surface area contributed by atoms with E-state index in [2.05, 4.69) is 0 Å². The number of rotatable bonds is 3. The lowest BCUT2D eigenvalue weighted by Gasteiger charge is -2.45. The molecule has 1 unspecified atom stereocenters. The van der Waals surface area contributed by atoms with E-state index in [1.807, 2.05) is 13.0 Å². The van der Waals surface area contributed by atoms with Crippen LogP contribution in [0.5, 0.6) is 0 Å². The molecule has 19 atom stereocenters. The van der Waals surface area contributed by atoms with Crippen molar-refractivity contribution in [2.45, 2.75) is 177 Å². The quantitative estimate of drug-likeness (QED) is 0.180. The van der Waals surface area contributed by atoms with Crippen LogP contribution in [0, 0.1) is 17.8 Å². The normalized spacial score (nSPS) is 45.5. The number of aliphatic hydroxyl groups excluding tert-OH is 8. The van der Waals surface area contributed by atoms with Crippen molar-refractivity contribution in [3.05, 3.63) is 85.1 Å². The van der Waals surface area contributed by atoms with Gasteiger partial charge in [0, 0.05) is 37.5 Å². The molecule has 18 heteroatoms. The topological polar surface area (TPSA) is 299 Å². The van der Waals surface area contributed by atoms with E-state index in [-0.39, 0.29) is 31.6 Å². The van der Waals surface area contributed by atoms with Crippen LogP contribution < -0.4 is 5.73 Å². The summed E-state index contributed by atoms with van der Waals surface area (Å²) in [5, 5.41) is 107. The van der Waals surface area contributed by atoms with Crippen LogP contribution in [0.3, 0.4) is 0 Å². The molecular formula is C47H72FNO16. The molecule has 0 saturated carbocycles. The van der Waals surface area contributed by atoms with Gasteiger partial charge in [0.1, 0.15) is 12.0 Å². The molecule has 0 aliphatic carbocycles. The van der Waals surface area contributed by atoms with Gasteiger partial charge in [0.25, 0.3) is 0 Å². The zero-order valence-electron chi connectivity index (χ0n) is 37.5. The van der Waals surface area contributed by atoms with Gasteiger partial charge in [0.2, 0.25) is 0 Å². The molecule has 3 aliphatic heterocycles. The highest BCUT2D eigenvalue weighted by molar-refractivity contribution is 5.71. The van der Waals surface area contributed by atoms with Crippen molar-refractivity contribution in [2.75, 3.05) is 0 Å². The lowest BCUT2D eigenvalue weighted by molar-refractivity contribution is -0.306. The Morgan fingerprint density at radius 2 is 1.28 bits per heavy atom. The van der Waals surface area contributed by atoms with Gasteiger partial charge in [-0.1, -0.05) is 98.9 Å². The minimum atomic E-state index is -2.35. The van der Waals surface area contributed by atoms with Crippen molar-refractivity contribution in [1.29, 1.82) is 0 Å². The van der Waals surface area contributed by atoms with E-state index in [1.165, 1.54) is 19.1 Å². The maximum atomic E-state index is 15.3. The Bertz CT molecular complexity index is 1670. The zero-order chi connectivity index (χ0) is 48.4. The van der Waals surface area contributed by atoms with Crippen molar-refractivity contribution in [1.82, 2.24) is 0 Å². The van der Waals surface area contributed by atoms with Crippen LogP contribution >= 0.6 is 0 Å². The molecule has 2 saturated heterocycles. The summed E-state index contributed by atoms with van der Waals surface area (Å²) in [5.41, 5.74) is 5.89. The molecule has 2 bridgehead atoms. The molecular weight excluding hydrogens is 854 g/mol. The van der Waals surface area contributed by atoms with E-state index in [1.54, 1.807) is 80.7 Å². The number of aliphatic hydroxyl groups is 9. The van der Waals surface area contributed by atoms with E-state index >= 15 is 4.39 Å². The number of carboxylic acid groups (broad SMARTS) is 1. The molecule has 0 aromatic carbocycles. The Morgan fingerprint density at radius 1 is 0.708 bits per heavy atom. The second-order valence-electron chi connectivity index (χ2n) is 17.5. The Balaban J connectivity index is 1.86.